The number of hydrogen-bond donors (Lipinski definition) is 0. The molecular weight excluding hydrogens is 156 g/mol. The second kappa shape index (κ2) is 4.64. The summed E-state index contributed by atoms with van der Waals surface area (Å²) in [5.74, 6) is 0.909. The van der Waals surface area contributed by atoms with Gasteiger partial charge in [0.25, 0.3) is 0 Å². The van der Waals surface area contributed by atoms with Crippen molar-refractivity contribution in [2.75, 3.05) is 0 Å². The van der Waals surface area contributed by atoms with Gasteiger partial charge in [0.1, 0.15) is 0 Å². The molecule has 0 nitrogen and oxygen atoms in total. The Morgan fingerprint density at radius 3 is 2.62 bits per heavy atom. The fourth-order valence-electron chi connectivity index (χ4n) is 2.48. The summed E-state index contributed by atoms with van der Waals surface area (Å²) >= 11 is 0. The fraction of sp³-hybridized carbons (Fsp3) is 0.692. The van der Waals surface area contributed by atoms with Crippen LogP contribution in [0.15, 0.2) is 23.8 Å². The smallest absolute Gasteiger partial charge is 0.0228 e. The van der Waals surface area contributed by atoms with E-state index in [1.807, 2.05) is 0 Å². The Hall–Kier alpha value is -0.520. The molecule has 0 aromatic carbocycles. The average molecular weight is 176 g/mol. The van der Waals surface area contributed by atoms with Crippen LogP contribution in [-0.2, 0) is 0 Å². The highest BCUT2D eigenvalue weighted by Gasteiger charge is 2.11. The van der Waals surface area contributed by atoms with Crippen molar-refractivity contribution >= 4 is 0 Å². The SMILES string of the molecule is C1=CC(=CC2CCCCC2)CCC1. The molecule has 1 saturated carbocycles. The van der Waals surface area contributed by atoms with Gasteiger partial charge in [0.15, 0.2) is 0 Å². The minimum atomic E-state index is 0.909. The van der Waals surface area contributed by atoms with Crippen LogP contribution in [0.3, 0.4) is 0 Å². The Morgan fingerprint density at radius 2 is 1.92 bits per heavy atom. The van der Waals surface area contributed by atoms with Crippen molar-refractivity contribution in [3.63, 3.8) is 0 Å². The van der Waals surface area contributed by atoms with Gasteiger partial charge in [-0.1, -0.05) is 43.1 Å². The van der Waals surface area contributed by atoms with Crippen molar-refractivity contribution < 1.29 is 0 Å². The predicted molar refractivity (Wildman–Crippen MR) is 57.6 cm³/mol. The zero-order chi connectivity index (χ0) is 8.93. The van der Waals surface area contributed by atoms with E-state index in [9.17, 15) is 0 Å². The lowest BCUT2D eigenvalue weighted by Gasteiger charge is -2.19. The molecule has 72 valence electrons. The van der Waals surface area contributed by atoms with Crippen molar-refractivity contribution in [3.05, 3.63) is 23.8 Å². The molecule has 0 amide bonds. The highest BCUT2D eigenvalue weighted by molar-refractivity contribution is 5.22. The van der Waals surface area contributed by atoms with E-state index in [1.54, 1.807) is 5.57 Å². The molecule has 0 bridgehead atoms. The van der Waals surface area contributed by atoms with Crippen LogP contribution < -0.4 is 0 Å². The molecule has 0 N–H and O–H groups in total. The molecule has 0 aromatic heterocycles. The van der Waals surface area contributed by atoms with E-state index in [0.717, 1.165) is 5.92 Å². The van der Waals surface area contributed by atoms with Gasteiger partial charge < -0.3 is 0 Å². The van der Waals surface area contributed by atoms with Gasteiger partial charge in [0.05, 0.1) is 0 Å². The molecule has 0 heteroatoms. The largest absolute Gasteiger partial charge is 0.0843 e. The second-order valence-electron chi connectivity index (χ2n) is 4.43. The molecule has 2 aliphatic rings. The molecule has 2 rings (SSSR count). The zero-order valence-corrected chi connectivity index (χ0v) is 8.47. The van der Waals surface area contributed by atoms with Crippen LogP contribution in [0.2, 0.25) is 0 Å². The van der Waals surface area contributed by atoms with Gasteiger partial charge in [-0.15, -0.1) is 0 Å². The highest BCUT2D eigenvalue weighted by atomic mass is 14.2. The van der Waals surface area contributed by atoms with Crippen molar-refractivity contribution in [3.8, 4) is 0 Å². The molecule has 0 radical (unpaired) electrons. The van der Waals surface area contributed by atoms with Crippen LogP contribution in [0.4, 0.5) is 0 Å². The highest BCUT2D eigenvalue weighted by Crippen LogP contribution is 2.27. The summed E-state index contributed by atoms with van der Waals surface area (Å²) in [6.45, 7) is 0. The molecule has 0 heterocycles. The second-order valence-corrected chi connectivity index (χ2v) is 4.43. The van der Waals surface area contributed by atoms with Gasteiger partial charge in [0.2, 0.25) is 0 Å². The summed E-state index contributed by atoms with van der Waals surface area (Å²) in [7, 11) is 0. The Bertz CT molecular complexity index is 204. The van der Waals surface area contributed by atoms with Gasteiger partial charge >= 0.3 is 0 Å². The summed E-state index contributed by atoms with van der Waals surface area (Å²) < 4.78 is 0. The summed E-state index contributed by atoms with van der Waals surface area (Å²) in [4.78, 5) is 0. The molecule has 0 aliphatic heterocycles. The monoisotopic (exact) mass is 176 g/mol. The van der Waals surface area contributed by atoms with E-state index < -0.39 is 0 Å². The van der Waals surface area contributed by atoms with Crippen molar-refractivity contribution in [2.45, 2.75) is 51.4 Å². The number of allylic oxidation sites excluding steroid dienone is 4. The summed E-state index contributed by atoms with van der Waals surface area (Å²) in [6, 6.07) is 0. The predicted octanol–water partition coefficient (Wildman–Crippen LogP) is 4.23. The molecule has 2 aliphatic carbocycles. The minimum absolute atomic E-state index is 0.909. The maximum atomic E-state index is 2.55. The maximum Gasteiger partial charge on any atom is -0.0228 e. The van der Waals surface area contributed by atoms with Crippen molar-refractivity contribution in [1.29, 1.82) is 0 Å². The lowest BCUT2D eigenvalue weighted by molar-refractivity contribution is 0.417. The first-order valence-electron chi connectivity index (χ1n) is 5.82. The van der Waals surface area contributed by atoms with Crippen LogP contribution in [0.25, 0.3) is 0 Å². The van der Waals surface area contributed by atoms with E-state index in [2.05, 4.69) is 18.2 Å². The normalized spacial score (nSPS) is 28.2. The Kier molecular flexibility index (Phi) is 3.23. The van der Waals surface area contributed by atoms with Crippen molar-refractivity contribution in [2.24, 2.45) is 5.92 Å². The quantitative estimate of drug-likeness (QED) is 0.560. The molecule has 0 atom stereocenters. The summed E-state index contributed by atoms with van der Waals surface area (Å²) in [5, 5.41) is 0. The van der Waals surface area contributed by atoms with Gasteiger partial charge in [-0.05, 0) is 38.0 Å². The third-order valence-corrected chi connectivity index (χ3v) is 3.27. The van der Waals surface area contributed by atoms with Gasteiger partial charge in [-0.2, -0.15) is 0 Å². The van der Waals surface area contributed by atoms with E-state index in [0.29, 0.717) is 0 Å². The van der Waals surface area contributed by atoms with Crippen LogP contribution in [0, 0.1) is 5.92 Å². The molecule has 1 fully saturated rings. The first kappa shape index (κ1) is 9.05. The minimum Gasteiger partial charge on any atom is -0.0843 e. The lowest BCUT2D eigenvalue weighted by Crippen LogP contribution is -2.04. The molecular formula is C13H20. The molecule has 0 spiro atoms. The topological polar surface area (TPSA) is 0 Å². The van der Waals surface area contributed by atoms with Crippen molar-refractivity contribution in [1.82, 2.24) is 0 Å². The van der Waals surface area contributed by atoms with Gasteiger partial charge in [-0.3, -0.25) is 0 Å². The Morgan fingerprint density at radius 1 is 1.08 bits per heavy atom. The third kappa shape index (κ3) is 2.72. The van der Waals surface area contributed by atoms with Crippen LogP contribution in [-0.4, -0.2) is 0 Å². The van der Waals surface area contributed by atoms with E-state index >= 15 is 0 Å². The lowest BCUT2D eigenvalue weighted by atomic mass is 9.86. The Labute approximate surface area is 81.7 Å². The Balaban J connectivity index is 1.92. The average Bonchev–Trinajstić information content (AvgIpc) is 2.21. The summed E-state index contributed by atoms with van der Waals surface area (Å²) in [5.41, 5.74) is 1.61. The molecule has 13 heavy (non-hydrogen) atoms. The first-order valence-corrected chi connectivity index (χ1v) is 5.82. The fourth-order valence-corrected chi connectivity index (χ4v) is 2.48. The number of rotatable bonds is 1. The van der Waals surface area contributed by atoms with E-state index in [1.165, 1.54) is 51.4 Å². The zero-order valence-electron chi connectivity index (χ0n) is 8.47. The number of hydrogen-bond acceptors (Lipinski definition) is 0. The standard InChI is InChI=1S/C13H20/c1-3-7-12(8-4-1)11-13-9-5-2-6-10-13/h3,7,11,13H,1-2,4-6,8-10H2. The van der Waals surface area contributed by atoms with E-state index in [-0.39, 0.29) is 0 Å². The molecule has 0 saturated heterocycles. The van der Waals surface area contributed by atoms with E-state index in [4.69, 9.17) is 0 Å². The van der Waals surface area contributed by atoms with Gasteiger partial charge in [-0.25, -0.2) is 0 Å². The van der Waals surface area contributed by atoms with Crippen LogP contribution >= 0.6 is 0 Å². The maximum absolute atomic E-state index is 2.55. The molecule has 0 unspecified atom stereocenters. The third-order valence-electron chi connectivity index (χ3n) is 3.27. The summed E-state index contributed by atoms with van der Waals surface area (Å²) in [6.07, 6.45) is 18.5. The molecule has 0 aromatic rings. The first-order chi connectivity index (χ1) is 6.45. The van der Waals surface area contributed by atoms with Crippen LogP contribution in [0.5, 0.6) is 0 Å². The van der Waals surface area contributed by atoms with Crippen LogP contribution in [0.1, 0.15) is 51.4 Å². The van der Waals surface area contributed by atoms with Gasteiger partial charge in [0, 0.05) is 0 Å².